The molecule has 5 heteroatoms. The molecule has 0 saturated carbocycles. The van der Waals surface area contributed by atoms with E-state index in [-0.39, 0.29) is 6.04 Å². The van der Waals surface area contributed by atoms with Crippen molar-refractivity contribution >= 4 is 11.3 Å². The van der Waals surface area contributed by atoms with Crippen LogP contribution in [0.4, 0.5) is 13.2 Å². The maximum absolute atomic E-state index is 12.6. The molecule has 0 amide bonds. The highest BCUT2D eigenvalue weighted by atomic mass is 32.1. The minimum absolute atomic E-state index is 0.165. The monoisotopic (exact) mass is 285 g/mol. The molecular formula is C14H14F3NS. The molecule has 2 aromatic rings. The van der Waals surface area contributed by atoms with Gasteiger partial charge in [-0.25, -0.2) is 0 Å². The topological polar surface area (TPSA) is 26.0 Å². The van der Waals surface area contributed by atoms with E-state index in [0.717, 1.165) is 10.9 Å². The van der Waals surface area contributed by atoms with E-state index in [1.54, 1.807) is 17.4 Å². The van der Waals surface area contributed by atoms with Crippen LogP contribution in [0, 0.1) is 0 Å². The molecule has 0 bridgehead atoms. The predicted octanol–water partition coefficient (Wildman–Crippen LogP) is 3.88. The summed E-state index contributed by atoms with van der Waals surface area (Å²) in [7, 11) is 0. The molecule has 102 valence electrons. The number of thiophene rings is 1. The number of hydrogen-bond donors (Lipinski definition) is 1. The first-order chi connectivity index (χ1) is 8.95. The quantitative estimate of drug-likeness (QED) is 0.906. The van der Waals surface area contributed by atoms with Gasteiger partial charge in [-0.05, 0) is 35.9 Å². The van der Waals surface area contributed by atoms with Crippen LogP contribution < -0.4 is 5.73 Å². The van der Waals surface area contributed by atoms with Crippen LogP contribution in [0.25, 0.3) is 0 Å². The van der Waals surface area contributed by atoms with Crippen molar-refractivity contribution in [1.82, 2.24) is 0 Å². The standard InChI is InChI=1S/C14H14F3NS/c15-14(16,17)11-4-1-3-10(7-11)8-12(18)9-13-5-2-6-19-13/h1-7,12H,8-9,18H2. The Morgan fingerprint density at radius 3 is 2.53 bits per heavy atom. The van der Waals surface area contributed by atoms with Crippen LogP contribution in [-0.2, 0) is 19.0 Å². The second kappa shape index (κ2) is 5.75. The van der Waals surface area contributed by atoms with E-state index in [9.17, 15) is 13.2 Å². The zero-order chi connectivity index (χ0) is 13.9. The molecular weight excluding hydrogens is 271 g/mol. The summed E-state index contributed by atoms with van der Waals surface area (Å²) < 4.78 is 37.7. The van der Waals surface area contributed by atoms with Crippen LogP contribution in [0.3, 0.4) is 0 Å². The molecule has 0 aliphatic heterocycles. The highest BCUT2D eigenvalue weighted by Gasteiger charge is 2.30. The van der Waals surface area contributed by atoms with Gasteiger partial charge in [0, 0.05) is 10.9 Å². The Morgan fingerprint density at radius 2 is 1.89 bits per heavy atom. The molecule has 0 aliphatic rings. The highest BCUT2D eigenvalue weighted by molar-refractivity contribution is 7.09. The molecule has 2 rings (SSSR count). The molecule has 0 saturated heterocycles. The maximum Gasteiger partial charge on any atom is 0.416 e. The van der Waals surface area contributed by atoms with Crippen molar-refractivity contribution in [2.45, 2.75) is 25.1 Å². The average molecular weight is 285 g/mol. The lowest BCUT2D eigenvalue weighted by Crippen LogP contribution is -2.25. The van der Waals surface area contributed by atoms with Crippen LogP contribution in [0.1, 0.15) is 16.0 Å². The molecule has 19 heavy (non-hydrogen) atoms. The van der Waals surface area contributed by atoms with Gasteiger partial charge in [-0.1, -0.05) is 24.3 Å². The first-order valence-electron chi connectivity index (χ1n) is 5.89. The van der Waals surface area contributed by atoms with Gasteiger partial charge < -0.3 is 5.73 Å². The zero-order valence-electron chi connectivity index (χ0n) is 10.2. The molecule has 0 spiro atoms. The summed E-state index contributed by atoms with van der Waals surface area (Å²) in [4.78, 5) is 1.15. The molecule has 1 aromatic heterocycles. The lowest BCUT2D eigenvalue weighted by Gasteiger charge is -2.12. The fraction of sp³-hybridized carbons (Fsp3) is 0.286. The lowest BCUT2D eigenvalue weighted by molar-refractivity contribution is -0.137. The van der Waals surface area contributed by atoms with Gasteiger partial charge in [-0.15, -0.1) is 11.3 Å². The minimum atomic E-state index is -4.30. The molecule has 1 unspecified atom stereocenters. The summed E-state index contributed by atoms with van der Waals surface area (Å²) in [6.45, 7) is 0. The predicted molar refractivity (Wildman–Crippen MR) is 71.1 cm³/mol. The third-order valence-corrected chi connectivity index (χ3v) is 3.69. The molecule has 2 N–H and O–H groups in total. The number of halogens is 3. The van der Waals surface area contributed by atoms with Crippen LogP contribution >= 0.6 is 11.3 Å². The van der Waals surface area contributed by atoms with Crippen molar-refractivity contribution in [3.05, 3.63) is 57.8 Å². The molecule has 1 aromatic carbocycles. The van der Waals surface area contributed by atoms with Crippen molar-refractivity contribution in [3.63, 3.8) is 0 Å². The zero-order valence-corrected chi connectivity index (χ0v) is 11.0. The van der Waals surface area contributed by atoms with Crippen LogP contribution in [0.5, 0.6) is 0 Å². The van der Waals surface area contributed by atoms with E-state index >= 15 is 0 Å². The summed E-state index contributed by atoms with van der Waals surface area (Å²) in [6.07, 6.45) is -3.16. The Hall–Kier alpha value is -1.33. The van der Waals surface area contributed by atoms with E-state index in [2.05, 4.69) is 0 Å². The molecule has 1 nitrogen and oxygen atoms in total. The Kier molecular flexibility index (Phi) is 4.27. The lowest BCUT2D eigenvalue weighted by atomic mass is 10.0. The first-order valence-corrected chi connectivity index (χ1v) is 6.77. The van der Waals surface area contributed by atoms with E-state index in [4.69, 9.17) is 5.73 Å². The van der Waals surface area contributed by atoms with Crippen molar-refractivity contribution in [2.24, 2.45) is 5.73 Å². The fourth-order valence-corrected chi connectivity index (χ4v) is 2.74. The summed E-state index contributed by atoms with van der Waals surface area (Å²) in [5.74, 6) is 0. The second-order valence-electron chi connectivity index (χ2n) is 4.45. The average Bonchev–Trinajstić information content (AvgIpc) is 2.80. The smallest absolute Gasteiger partial charge is 0.327 e. The summed E-state index contributed by atoms with van der Waals surface area (Å²) in [5, 5.41) is 1.96. The third kappa shape index (κ3) is 4.08. The number of nitrogens with two attached hydrogens (primary N) is 1. The Balaban J connectivity index is 2.03. The first kappa shape index (κ1) is 14.1. The van der Waals surface area contributed by atoms with Gasteiger partial charge in [-0.2, -0.15) is 13.2 Å². The summed E-state index contributed by atoms with van der Waals surface area (Å²) in [5.41, 5.74) is 5.99. The summed E-state index contributed by atoms with van der Waals surface area (Å²) >= 11 is 1.61. The number of hydrogen-bond acceptors (Lipinski definition) is 2. The van der Waals surface area contributed by atoms with E-state index in [1.165, 1.54) is 12.1 Å². The number of alkyl halides is 3. The highest BCUT2D eigenvalue weighted by Crippen LogP contribution is 2.29. The van der Waals surface area contributed by atoms with Crippen molar-refractivity contribution in [3.8, 4) is 0 Å². The van der Waals surface area contributed by atoms with E-state index < -0.39 is 11.7 Å². The van der Waals surface area contributed by atoms with Crippen LogP contribution in [0.2, 0.25) is 0 Å². The van der Waals surface area contributed by atoms with Crippen LogP contribution in [0.15, 0.2) is 41.8 Å². The van der Waals surface area contributed by atoms with E-state index in [1.807, 2.05) is 17.5 Å². The molecule has 1 atom stereocenters. The van der Waals surface area contributed by atoms with Gasteiger partial charge in [-0.3, -0.25) is 0 Å². The molecule has 0 aliphatic carbocycles. The fourth-order valence-electron chi connectivity index (χ4n) is 1.94. The van der Waals surface area contributed by atoms with E-state index in [0.29, 0.717) is 18.4 Å². The maximum atomic E-state index is 12.6. The van der Waals surface area contributed by atoms with Crippen molar-refractivity contribution in [1.29, 1.82) is 0 Å². The van der Waals surface area contributed by atoms with Gasteiger partial charge in [0.05, 0.1) is 5.56 Å². The Labute approximate surface area is 113 Å². The largest absolute Gasteiger partial charge is 0.416 e. The van der Waals surface area contributed by atoms with Gasteiger partial charge in [0.25, 0.3) is 0 Å². The number of benzene rings is 1. The molecule has 1 heterocycles. The third-order valence-electron chi connectivity index (χ3n) is 2.80. The minimum Gasteiger partial charge on any atom is -0.327 e. The van der Waals surface area contributed by atoms with Crippen molar-refractivity contribution < 1.29 is 13.2 Å². The van der Waals surface area contributed by atoms with Gasteiger partial charge in [0.15, 0.2) is 0 Å². The Bertz CT molecular complexity index is 520. The molecule has 0 fully saturated rings. The van der Waals surface area contributed by atoms with Crippen molar-refractivity contribution in [2.75, 3.05) is 0 Å². The summed E-state index contributed by atoms with van der Waals surface area (Å²) in [6, 6.07) is 9.12. The van der Waals surface area contributed by atoms with Gasteiger partial charge in [0.1, 0.15) is 0 Å². The number of rotatable bonds is 4. The normalized spacial score (nSPS) is 13.5. The van der Waals surface area contributed by atoms with Crippen LogP contribution in [-0.4, -0.2) is 6.04 Å². The second-order valence-corrected chi connectivity index (χ2v) is 5.48. The SMILES string of the molecule is NC(Cc1cccc(C(F)(F)F)c1)Cc1cccs1. The Morgan fingerprint density at radius 1 is 1.11 bits per heavy atom. The van der Waals surface area contributed by atoms with Gasteiger partial charge >= 0.3 is 6.18 Å². The van der Waals surface area contributed by atoms with Gasteiger partial charge in [0.2, 0.25) is 0 Å². The molecule has 0 radical (unpaired) electrons.